The largest absolute Gasteiger partial charge is 0.497 e. The summed E-state index contributed by atoms with van der Waals surface area (Å²) in [6.07, 6.45) is 6.32. The minimum atomic E-state index is 0.0128. The van der Waals surface area contributed by atoms with Crippen molar-refractivity contribution in [3.63, 3.8) is 0 Å². The molecule has 0 atom stereocenters. The van der Waals surface area contributed by atoms with Crippen molar-refractivity contribution in [3.05, 3.63) is 59.2 Å². The normalized spacial score (nSPS) is 13.7. The van der Waals surface area contributed by atoms with Gasteiger partial charge in [0.2, 0.25) is 5.91 Å². The molecule has 0 saturated carbocycles. The molecular formula is C25H32N6O2. The van der Waals surface area contributed by atoms with Crippen molar-refractivity contribution in [1.82, 2.24) is 25.1 Å². The number of piperidine rings is 1. The number of ether oxygens (including phenoxy) is 1. The predicted molar refractivity (Wildman–Crippen MR) is 128 cm³/mol. The van der Waals surface area contributed by atoms with Gasteiger partial charge in [0.05, 0.1) is 12.8 Å². The lowest BCUT2D eigenvalue weighted by Gasteiger charge is -2.27. The number of methoxy groups -OCH3 is 1. The number of nitrogens with zero attached hydrogens (tertiary/aromatic N) is 5. The first-order valence-electron chi connectivity index (χ1n) is 11.6. The van der Waals surface area contributed by atoms with Gasteiger partial charge in [-0.05, 0) is 62.8 Å². The molecule has 3 aromatic rings. The molecule has 0 bridgehead atoms. The first-order valence-corrected chi connectivity index (χ1v) is 11.6. The van der Waals surface area contributed by atoms with Gasteiger partial charge in [0.1, 0.15) is 17.9 Å². The van der Waals surface area contributed by atoms with Crippen LogP contribution in [0.25, 0.3) is 5.82 Å². The van der Waals surface area contributed by atoms with Gasteiger partial charge >= 0.3 is 0 Å². The van der Waals surface area contributed by atoms with Crippen LogP contribution in [0.3, 0.4) is 0 Å². The van der Waals surface area contributed by atoms with Gasteiger partial charge in [0.25, 0.3) is 0 Å². The van der Waals surface area contributed by atoms with E-state index in [0.717, 1.165) is 53.0 Å². The average Bonchev–Trinajstić information content (AvgIpc) is 3.15. The van der Waals surface area contributed by atoms with Gasteiger partial charge in [0, 0.05) is 37.8 Å². The van der Waals surface area contributed by atoms with E-state index in [9.17, 15) is 4.79 Å². The number of rotatable bonds is 8. The molecule has 0 unspecified atom stereocenters. The number of hydrogen-bond acceptors (Lipinski definition) is 6. The Kier molecular flexibility index (Phi) is 7.22. The Morgan fingerprint density at radius 1 is 1.09 bits per heavy atom. The van der Waals surface area contributed by atoms with Crippen molar-refractivity contribution in [1.29, 1.82) is 0 Å². The maximum atomic E-state index is 12.5. The van der Waals surface area contributed by atoms with E-state index in [0.29, 0.717) is 19.4 Å². The average molecular weight is 449 g/mol. The summed E-state index contributed by atoms with van der Waals surface area (Å²) in [5, 5.41) is 7.71. The number of carbonyl (C=O) groups is 1. The second-order valence-electron chi connectivity index (χ2n) is 8.47. The zero-order chi connectivity index (χ0) is 23.2. The Balaban J connectivity index is 1.40. The third-order valence-electron chi connectivity index (χ3n) is 6.20. The Labute approximate surface area is 195 Å². The molecule has 174 valence electrons. The highest BCUT2D eigenvalue weighted by molar-refractivity contribution is 5.76. The highest BCUT2D eigenvalue weighted by Gasteiger charge is 2.17. The molecule has 0 radical (unpaired) electrons. The summed E-state index contributed by atoms with van der Waals surface area (Å²) in [6, 6.07) is 9.72. The maximum absolute atomic E-state index is 12.5. The topological polar surface area (TPSA) is 85.2 Å². The molecule has 1 N–H and O–H groups in total. The van der Waals surface area contributed by atoms with E-state index in [1.807, 2.05) is 48.9 Å². The van der Waals surface area contributed by atoms with Gasteiger partial charge in [-0.3, -0.25) is 4.79 Å². The Hall–Kier alpha value is -3.42. The molecule has 8 heteroatoms. The number of amides is 1. The van der Waals surface area contributed by atoms with E-state index < -0.39 is 0 Å². The van der Waals surface area contributed by atoms with Crippen LogP contribution in [0, 0.1) is 13.8 Å². The monoisotopic (exact) mass is 448 g/mol. The standard InChI is InChI=1S/C25H32N6O2/c1-18-22(10-11-25(32)26-16-20-8-7-9-21(14-20)33-3)19(2)31(29-18)24-15-23(27-17-28-24)30-12-5-4-6-13-30/h7-9,14-15,17H,4-6,10-13,16H2,1-3H3,(H,26,32). The third-order valence-corrected chi connectivity index (χ3v) is 6.20. The van der Waals surface area contributed by atoms with Crippen molar-refractivity contribution < 1.29 is 9.53 Å². The van der Waals surface area contributed by atoms with Crippen molar-refractivity contribution >= 4 is 11.7 Å². The first-order chi connectivity index (χ1) is 16.0. The third kappa shape index (κ3) is 5.50. The number of hydrogen-bond donors (Lipinski definition) is 1. The maximum Gasteiger partial charge on any atom is 0.220 e. The summed E-state index contributed by atoms with van der Waals surface area (Å²) in [5.74, 6) is 2.51. The second-order valence-corrected chi connectivity index (χ2v) is 8.47. The number of carbonyl (C=O) groups excluding carboxylic acids is 1. The lowest BCUT2D eigenvalue weighted by atomic mass is 10.1. The molecule has 0 spiro atoms. The Bertz CT molecular complexity index is 1100. The fraction of sp³-hybridized carbons (Fsp3) is 0.440. The van der Waals surface area contributed by atoms with E-state index in [-0.39, 0.29) is 5.91 Å². The fourth-order valence-electron chi connectivity index (χ4n) is 4.32. The molecule has 8 nitrogen and oxygen atoms in total. The van der Waals surface area contributed by atoms with E-state index in [1.165, 1.54) is 19.3 Å². The Morgan fingerprint density at radius 3 is 2.67 bits per heavy atom. The molecule has 2 aromatic heterocycles. The summed E-state index contributed by atoms with van der Waals surface area (Å²) in [4.78, 5) is 23.7. The minimum absolute atomic E-state index is 0.0128. The molecule has 1 aromatic carbocycles. The number of benzene rings is 1. The quantitative estimate of drug-likeness (QED) is 0.568. The minimum Gasteiger partial charge on any atom is -0.497 e. The smallest absolute Gasteiger partial charge is 0.220 e. The number of aromatic nitrogens is 4. The first kappa shape index (κ1) is 22.8. The zero-order valence-corrected chi connectivity index (χ0v) is 19.7. The van der Waals surface area contributed by atoms with Crippen LogP contribution in [-0.4, -0.2) is 45.9 Å². The highest BCUT2D eigenvalue weighted by atomic mass is 16.5. The number of aryl methyl sites for hydroxylation is 1. The lowest BCUT2D eigenvalue weighted by molar-refractivity contribution is -0.121. The van der Waals surface area contributed by atoms with E-state index in [2.05, 4.69) is 20.2 Å². The van der Waals surface area contributed by atoms with Crippen molar-refractivity contribution in [2.24, 2.45) is 0 Å². The Morgan fingerprint density at radius 2 is 1.88 bits per heavy atom. The molecule has 0 aliphatic carbocycles. The number of nitrogens with one attached hydrogen (secondary N) is 1. The van der Waals surface area contributed by atoms with E-state index in [1.54, 1.807) is 13.4 Å². The molecule has 4 rings (SSSR count). The summed E-state index contributed by atoms with van der Waals surface area (Å²) < 4.78 is 7.11. The van der Waals surface area contributed by atoms with Crippen LogP contribution in [0.2, 0.25) is 0 Å². The predicted octanol–water partition coefficient (Wildman–Crippen LogP) is 3.53. The SMILES string of the molecule is COc1cccc(CNC(=O)CCc2c(C)nn(-c3cc(N4CCCCC4)ncn3)c2C)c1. The molecule has 1 aliphatic heterocycles. The fourth-order valence-corrected chi connectivity index (χ4v) is 4.32. The van der Waals surface area contributed by atoms with Gasteiger partial charge in [-0.1, -0.05) is 12.1 Å². The van der Waals surface area contributed by atoms with Crippen LogP contribution in [0.1, 0.15) is 48.2 Å². The van der Waals surface area contributed by atoms with Crippen molar-refractivity contribution in [3.8, 4) is 11.6 Å². The number of anilines is 1. The van der Waals surface area contributed by atoms with Crippen LogP contribution < -0.4 is 15.0 Å². The van der Waals surface area contributed by atoms with Crippen molar-refractivity contribution in [2.45, 2.75) is 52.5 Å². The highest BCUT2D eigenvalue weighted by Crippen LogP contribution is 2.22. The van der Waals surface area contributed by atoms with Gasteiger partial charge in [-0.2, -0.15) is 5.10 Å². The molecule has 1 aliphatic rings. The molecule has 3 heterocycles. The summed E-state index contributed by atoms with van der Waals surface area (Å²) >= 11 is 0. The lowest BCUT2D eigenvalue weighted by Crippen LogP contribution is -2.30. The molecule has 1 saturated heterocycles. The molecule has 1 amide bonds. The van der Waals surface area contributed by atoms with Crippen LogP contribution in [0.15, 0.2) is 36.7 Å². The van der Waals surface area contributed by atoms with Gasteiger partial charge in [0.15, 0.2) is 5.82 Å². The summed E-state index contributed by atoms with van der Waals surface area (Å²) in [5.41, 5.74) is 4.03. The molecular weight excluding hydrogens is 416 g/mol. The van der Waals surface area contributed by atoms with Crippen LogP contribution in [-0.2, 0) is 17.8 Å². The van der Waals surface area contributed by atoms with Crippen LogP contribution in [0.4, 0.5) is 5.82 Å². The summed E-state index contributed by atoms with van der Waals surface area (Å²) in [7, 11) is 1.64. The molecule has 33 heavy (non-hydrogen) atoms. The van der Waals surface area contributed by atoms with Gasteiger partial charge < -0.3 is 15.0 Å². The van der Waals surface area contributed by atoms with E-state index >= 15 is 0 Å². The van der Waals surface area contributed by atoms with Gasteiger partial charge in [-0.15, -0.1) is 0 Å². The summed E-state index contributed by atoms with van der Waals surface area (Å²) in [6.45, 7) is 6.56. The van der Waals surface area contributed by atoms with Gasteiger partial charge in [-0.25, -0.2) is 14.6 Å². The van der Waals surface area contributed by atoms with Crippen LogP contribution in [0.5, 0.6) is 5.75 Å². The second kappa shape index (κ2) is 10.5. The zero-order valence-electron chi connectivity index (χ0n) is 19.7. The van der Waals surface area contributed by atoms with Crippen LogP contribution >= 0.6 is 0 Å². The van der Waals surface area contributed by atoms with E-state index in [4.69, 9.17) is 9.84 Å². The molecule has 1 fully saturated rings. The van der Waals surface area contributed by atoms with Crippen molar-refractivity contribution in [2.75, 3.05) is 25.1 Å².